The summed E-state index contributed by atoms with van der Waals surface area (Å²) in [7, 11) is 0. The molecule has 120 valence electrons. The first-order chi connectivity index (χ1) is 9.83. The number of nitrogens with one attached hydrogen (secondary N) is 3. The highest BCUT2D eigenvalue weighted by molar-refractivity contribution is 6.01. The van der Waals surface area contributed by atoms with Gasteiger partial charge in [-0.25, -0.2) is 4.79 Å². The molecule has 3 amide bonds. The minimum Gasteiger partial charge on any atom is -0.357 e. The Kier molecular flexibility index (Phi) is 6.25. The maximum atomic E-state index is 12.0. The number of imide groups is 1. The fraction of sp³-hybridized carbons (Fsp3) is 0.727. The summed E-state index contributed by atoms with van der Waals surface area (Å²) in [6.45, 7) is 2.17. The van der Waals surface area contributed by atoms with Crippen LogP contribution in [0.4, 0.5) is 18.0 Å². The van der Waals surface area contributed by atoms with Crippen LogP contribution in [0.1, 0.15) is 13.3 Å². The smallest absolute Gasteiger partial charge is 0.357 e. The summed E-state index contributed by atoms with van der Waals surface area (Å²) in [5.74, 6) is -0.116. The summed E-state index contributed by atoms with van der Waals surface area (Å²) in [4.78, 5) is 27.4. The number of halogens is 3. The number of guanidine groups is 1. The molecule has 1 aliphatic rings. The van der Waals surface area contributed by atoms with Crippen LogP contribution in [0.15, 0.2) is 4.99 Å². The quantitative estimate of drug-likeness (QED) is 0.367. The Bertz CT molecular complexity index is 395. The second-order valence-corrected chi connectivity index (χ2v) is 4.26. The van der Waals surface area contributed by atoms with Crippen LogP contribution in [0.5, 0.6) is 0 Å². The molecule has 0 spiro atoms. The molecule has 1 saturated heterocycles. The fourth-order valence-corrected chi connectivity index (χ4v) is 1.60. The largest absolute Gasteiger partial charge is 0.390 e. The van der Waals surface area contributed by atoms with Gasteiger partial charge in [-0.15, -0.1) is 0 Å². The summed E-state index contributed by atoms with van der Waals surface area (Å²) >= 11 is 0. The fourth-order valence-electron chi connectivity index (χ4n) is 1.60. The van der Waals surface area contributed by atoms with Crippen LogP contribution in [0, 0.1) is 0 Å². The Morgan fingerprint density at radius 3 is 2.62 bits per heavy atom. The second kappa shape index (κ2) is 7.70. The second-order valence-electron chi connectivity index (χ2n) is 4.26. The van der Waals surface area contributed by atoms with Crippen molar-refractivity contribution in [3.8, 4) is 0 Å². The monoisotopic (exact) mass is 309 g/mol. The molecule has 3 N–H and O–H groups in total. The Morgan fingerprint density at radius 1 is 1.38 bits per heavy atom. The molecule has 0 bridgehead atoms. The van der Waals surface area contributed by atoms with Crippen molar-refractivity contribution in [2.75, 3.05) is 32.7 Å². The molecule has 1 aliphatic heterocycles. The van der Waals surface area contributed by atoms with E-state index in [4.69, 9.17) is 0 Å². The van der Waals surface area contributed by atoms with Crippen LogP contribution in [0.25, 0.3) is 0 Å². The number of carbonyl (C=O) groups excluding carboxylic acids is 2. The van der Waals surface area contributed by atoms with Gasteiger partial charge in [0, 0.05) is 19.6 Å². The van der Waals surface area contributed by atoms with Gasteiger partial charge in [0.2, 0.25) is 5.91 Å². The van der Waals surface area contributed by atoms with E-state index in [2.05, 4.69) is 20.9 Å². The van der Waals surface area contributed by atoms with Crippen LogP contribution in [-0.4, -0.2) is 61.7 Å². The maximum absolute atomic E-state index is 12.0. The van der Waals surface area contributed by atoms with Gasteiger partial charge < -0.3 is 16.0 Å². The van der Waals surface area contributed by atoms with Gasteiger partial charge in [0.1, 0.15) is 0 Å². The van der Waals surface area contributed by atoms with Gasteiger partial charge in [0.05, 0.1) is 19.5 Å². The molecule has 1 fully saturated rings. The lowest BCUT2D eigenvalue weighted by Crippen LogP contribution is -2.43. The molecule has 1 rings (SSSR count). The van der Waals surface area contributed by atoms with E-state index >= 15 is 0 Å². The number of amides is 3. The highest BCUT2D eigenvalue weighted by Gasteiger charge is 2.28. The van der Waals surface area contributed by atoms with Crippen molar-refractivity contribution in [1.29, 1.82) is 0 Å². The molecule has 1 heterocycles. The van der Waals surface area contributed by atoms with E-state index < -0.39 is 18.6 Å². The van der Waals surface area contributed by atoms with E-state index in [1.807, 2.05) is 0 Å². The Hall–Kier alpha value is -2.00. The van der Waals surface area contributed by atoms with E-state index in [0.717, 1.165) is 4.90 Å². The van der Waals surface area contributed by atoms with Crippen molar-refractivity contribution >= 4 is 17.9 Å². The van der Waals surface area contributed by atoms with Crippen LogP contribution >= 0.6 is 0 Å². The van der Waals surface area contributed by atoms with E-state index in [-0.39, 0.29) is 38.0 Å². The molecular weight excluding hydrogens is 291 g/mol. The van der Waals surface area contributed by atoms with Crippen molar-refractivity contribution in [3.05, 3.63) is 0 Å². The molecule has 10 heteroatoms. The first kappa shape index (κ1) is 17.1. The van der Waals surface area contributed by atoms with Crippen molar-refractivity contribution in [2.24, 2.45) is 4.99 Å². The predicted molar refractivity (Wildman–Crippen MR) is 69.8 cm³/mol. The van der Waals surface area contributed by atoms with Crippen molar-refractivity contribution in [1.82, 2.24) is 20.9 Å². The highest BCUT2D eigenvalue weighted by atomic mass is 19.4. The zero-order valence-electron chi connectivity index (χ0n) is 11.6. The number of hydrogen-bond acceptors (Lipinski definition) is 3. The lowest BCUT2D eigenvalue weighted by Gasteiger charge is -2.15. The summed E-state index contributed by atoms with van der Waals surface area (Å²) in [5, 5.41) is 7.93. The van der Waals surface area contributed by atoms with Crippen molar-refractivity contribution in [2.45, 2.75) is 19.5 Å². The van der Waals surface area contributed by atoms with Crippen LogP contribution in [0.3, 0.4) is 0 Å². The number of alkyl halides is 3. The number of urea groups is 1. The molecule has 0 radical (unpaired) electrons. The van der Waals surface area contributed by atoms with Crippen molar-refractivity contribution < 1.29 is 22.8 Å². The number of aliphatic imine (C=N–C) groups is 1. The topological polar surface area (TPSA) is 85.8 Å². The minimum atomic E-state index is -4.25. The van der Waals surface area contributed by atoms with Gasteiger partial charge in [-0.05, 0) is 6.92 Å². The molecule has 21 heavy (non-hydrogen) atoms. The van der Waals surface area contributed by atoms with E-state index in [0.29, 0.717) is 6.54 Å². The molecule has 0 aromatic heterocycles. The summed E-state index contributed by atoms with van der Waals surface area (Å²) in [5.41, 5.74) is 0. The van der Waals surface area contributed by atoms with Crippen molar-refractivity contribution in [3.63, 3.8) is 0 Å². The number of nitrogens with zero attached hydrogens (tertiary/aromatic N) is 2. The molecule has 0 unspecified atom stereocenters. The average Bonchev–Trinajstić information content (AvgIpc) is 2.69. The third kappa shape index (κ3) is 6.32. The first-order valence-corrected chi connectivity index (χ1v) is 6.50. The van der Waals surface area contributed by atoms with Crippen LogP contribution in [0.2, 0.25) is 0 Å². The van der Waals surface area contributed by atoms with E-state index in [9.17, 15) is 22.8 Å². The van der Waals surface area contributed by atoms with Gasteiger partial charge >= 0.3 is 12.2 Å². The maximum Gasteiger partial charge on any atom is 0.390 e. The third-order valence-electron chi connectivity index (χ3n) is 2.57. The Morgan fingerprint density at radius 2 is 2.10 bits per heavy atom. The number of hydrogen-bond donors (Lipinski definition) is 3. The molecular formula is C11H18F3N5O2. The molecule has 0 aromatic carbocycles. The zero-order valence-corrected chi connectivity index (χ0v) is 11.6. The number of carbonyl (C=O) groups is 2. The summed E-state index contributed by atoms with van der Waals surface area (Å²) in [6.07, 6.45) is -5.25. The SMILES string of the molecule is CCNC(=NCCC(F)(F)F)NCCN1C(=O)CNC1=O. The molecule has 0 saturated carbocycles. The highest BCUT2D eigenvalue weighted by Crippen LogP contribution is 2.18. The predicted octanol–water partition coefficient (Wildman–Crippen LogP) is 0.0457. The van der Waals surface area contributed by atoms with Gasteiger partial charge in [-0.1, -0.05) is 0 Å². The summed E-state index contributed by atoms with van der Waals surface area (Å²) in [6, 6.07) is -0.471. The van der Waals surface area contributed by atoms with Gasteiger partial charge in [-0.2, -0.15) is 13.2 Å². The lowest BCUT2D eigenvalue weighted by atomic mass is 10.4. The lowest BCUT2D eigenvalue weighted by molar-refractivity contribution is -0.132. The number of rotatable bonds is 6. The molecule has 7 nitrogen and oxygen atoms in total. The van der Waals surface area contributed by atoms with Gasteiger partial charge in [0.25, 0.3) is 0 Å². The third-order valence-corrected chi connectivity index (χ3v) is 2.57. The summed E-state index contributed by atoms with van der Waals surface area (Å²) < 4.78 is 36.1. The molecule has 0 atom stereocenters. The Balaban J connectivity index is 2.38. The minimum absolute atomic E-state index is 0.0292. The van der Waals surface area contributed by atoms with Crippen LogP contribution < -0.4 is 16.0 Å². The van der Waals surface area contributed by atoms with Gasteiger partial charge in [0.15, 0.2) is 5.96 Å². The van der Waals surface area contributed by atoms with E-state index in [1.54, 1.807) is 6.92 Å². The molecule has 0 aliphatic carbocycles. The first-order valence-electron chi connectivity index (χ1n) is 6.50. The van der Waals surface area contributed by atoms with Gasteiger partial charge in [-0.3, -0.25) is 14.7 Å². The average molecular weight is 309 g/mol. The van der Waals surface area contributed by atoms with Crippen LogP contribution in [-0.2, 0) is 4.79 Å². The molecule has 0 aromatic rings. The normalized spacial score (nSPS) is 16.2. The standard InChI is InChI=1S/C11H18F3N5O2/c1-2-15-9(16-4-3-11(12,13)14)17-5-6-19-8(20)7-18-10(19)21/h2-7H2,1H3,(H,18,21)(H2,15,16,17). The zero-order chi connectivity index (χ0) is 15.9. The Labute approximate surface area is 120 Å². The van der Waals surface area contributed by atoms with E-state index in [1.165, 1.54) is 0 Å².